The molecule has 0 unspecified atom stereocenters. The zero-order valence-corrected chi connectivity index (χ0v) is 9.57. The highest BCUT2D eigenvalue weighted by molar-refractivity contribution is 5.84. The van der Waals surface area contributed by atoms with Crippen LogP contribution < -0.4 is 5.32 Å². The molecule has 5 heteroatoms. The van der Waals surface area contributed by atoms with Crippen LogP contribution in [0.15, 0.2) is 0 Å². The van der Waals surface area contributed by atoms with E-state index in [1.165, 1.54) is 6.42 Å². The van der Waals surface area contributed by atoms with E-state index in [9.17, 15) is 9.59 Å². The van der Waals surface area contributed by atoms with Crippen LogP contribution in [0, 0.1) is 0 Å². The fourth-order valence-electron chi connectivity index (χ4n) is 2.24. The molecule has 3 amide bonds. The first kappa shape index (κ1) is 11.2. The first-order valence-corrected chi connectivity index (χ1v) is 6.08. The van der Waals surface area contributed by atoms with Crippen LogP contribution in [-0.4, -0.2) is 54.5 Å². The van der Waals surface area contributed by atoms with Gasteiger partial charge in [-0.1, -0.05) is 0 Å². The smallest absolute Gasteiger partial charge is 0.317 e. The Kier molecular flexibility index (Phi) is 3.64. The van der Waals surface area contributed by atoms with Gasteiger partial charge in [0, 0.05) is 26.2 Å². The van der Waals surface area contributed by atoms with Crippen molar-refractivity contribution in [3.8, 4) is 0 Å². The predicted molar refractivity (Wildman–Crippen MR) is 60.0 cm³/mol. The minimum Gasteiger partial charge on any atom is -0.341 e. The summed E-state index contributed by atoms with van der Waals surface area (Å²) in [6, 6.07) is -0.100. The monoisotopic (exact) mass is 225 g/mol. The number of nitrogens with zero attached hydrogens (tertiary/aromatic N) is 2. The Labute approximate surface area is 95.8 Å². The lowest BCUT2D eigenvalue weighted by atomic mass is 10.1. The van der Waals surface area contributed by atoms with E-state index in [0.717, 1.165) is 38.9 Å². The van der Waals surface area contributed by atoms with Crippen molar-refractivity contribution in [1.82, 2.24) is 15.1 Å². The van der Waals surface area contributed by atoms with Crippen LogP contribution in [0.2, 0.25) is 0 Å². The van der Waals surface area contributed by atoms with Crippen LogP contribution in [0.5, 0.6) is 0 Å². The van der Waals surface area contributed by atoms with Crippen molar-refractivity contribution in [2.75, 3.05) is 32.7 Å². The van der Waals surface area contributed by atoms with Gasteiger partial charge in [-0.05, 0) is 25.7 Å². The second-order valence-corrected chi connectivity index (χ2v) is 4.45. The molecule has 2 aliphatic rings. The summed E-state index contributed by atoms with van der Waals surface area (Å²) in [5.74, 6) is 0.0942. The normalized spacial score (nSPS) is 21.9. The van der Waals surface area contributed by atoms with E-state index in [1.54, 1.807) is 4.90 Å². The molecule has 16 heavy (non-hydrogen) atoms. The van der Waals surface area contributed by atoms with E-state index in [-0.39, 0.29) is 18.5 Å². The van der Waals surface area contributed by atoms with E-state index < -0.39 is 0 Å². The minimum atomic E-state index is -0.100. The zero-order valence-electron chi connectivity index (χ0n) is 9.57. The number of piperidine rings is 1. The summed E-state index contributed by atoms with van der Waals surface area (Å²) in [6.45, 7) is 3.38. The summed E-state index contributed by atoms with van der Waals surface area (Å²) >= 11 is 0. The highest BCUT2D eigenvalue weighted by atomic mass is 16.2. The minimum absolute atomic E-state index is 0.0942. The maximum atomic E-state index is 11.9. The first-order valence-electron chi connectivity index (χ1n) is 6.08. The molecule has 0 aromatic heterocycles. The van der Waals surface area contributed by atoms with Gasteiger partial charge in [0.25, 0.3) is 0 Å². The van der Waals surface area contributed by atoms with Crippen LogP contribution in [0.25, 0.3) is 0 Å². The van der Waals surface area contributed by atoms with E-state index in [0.29, 0.717) is 6.54 Å². The largest absolute Gasteiger partial charge is 0.341 e. The average molecular weight is 225 g/mol. The predicted octanol–water partition coefficient (Wildman–Crippen LogP) is 0.414. The molecular formula is C11H19N3O2. The van der Waals surface area contributed by atoms with Gasteiger partial charge >= 0.3 is 6.03 Å². The van der Waals surface area contributed by atoms with Crippen LogP contribution in [-0.2, 0) is 4.79 Å². The second-order valence-electron chi connectivity index (χ2n) is 4.45. The molecule has 2 fully saturated rings. The quantitative estimate of drug-likeness (QED) is 0.740. The number of hydrogen-bond donors (Lipinski definition) is 1. The molecule has 5 nitrogen and oxygen atoms in total. The molecule has 2 rings (SSSR count). The number of likely N-dealkylation sites (tertiary alicyclic amines) is 1. The van der Waals surface area contributed by atoms with Gasteiger partial charge in [-0.2, -0.15) is 0 Å². The molecule has 90 valence electrons. The van der Waals surface area contributed by atoms with Gasteiger partial charge in [-0.25, -0.2) is 4.79 Å². The van der Waals surface area contributed by atoms with Crippen molar-refractivity contribution >= 4 is 11.9 Å². The summed E-state index contributed by atoms with van der Waals surface area (Å²) in [4.78, 5) is 26.9. The van der Waals surface area contributed by atoms with Crippen molar-refractivity contribution in [1.29, 1.82) is 0 Å². The maximum Gasteiger partial charge on any atom is 0.317 e. The lowest BCUT2D eigenvalue weighted by molar-refractivity contribution is -0.132. The molecule has 2 saturated heterocycles. The summed E-state index contributed by atoms with van der Waals surface area (Å²) in [7, 11) is 0. The Balaban J connectivity index is 1.83. The number of amides is 3. The van der Waals surface area contributed by atoms with Crippen LogP contribution in [0.1, 0.15) is 25.7 Å². The molecule has 0 saturated carbocycles. The third-order valence-corrected chi connectivity index (χ3v) is 3.20. The molecule has 0 atom stereocenters. The van der Waals surface area contributed by atoms with Gasteiger partial charge in [0.15, 0.2) is 0 Å². The van der Waals surface area contributed by atoms with Crippen molar-refractivity contribution in [3.63, 3.8) is 0 Å². The molecule has 0 radical (unpaired) electrons. The fourth-order valence-corrected chi connectivity index (χ4v) is 2.24. The number of rotatable bonds is 2. The van der Waals surface area contributed by atoms with Crippen molar-refractivity contribution in [2.24, 2.45) is 0 Å². The molecule has 0 aromatic rings. The third kappa shape index (κ3) is 2.65. The molecule has 0 bridgehead atoms. The second kappa shape index (κ2) is 5.18. The molecule has 0 spiro atoms. The average Bonchev–Trinajstić information content (AvgIpc) is 2.33. The van der Waals surface area contributed by atoms with Crippen molar-refractivity contribution < 1.29 is 9.59 Å². The Morgan fingerprint density at radius 3 is 2.56 bits per heavy atom. The van der Waals surface area contributed by atoms with E-state index in [4.69, 9.17) is 0 Å². The lowest BCUT2D eigenvalue weighted by Crippen LogP contribution is -2.51. The summed E-state index contributed by atoms with van der Waals surface area (Å²) in [6.07, 6.45) is 4.34. The maximum absolute atomic E-state index is 11.9. The molecular weight excluding hydrogens is 206 g/mol. The zero-order chi connectivity index (χ0) is 11.4. The highest BCUT2D eigenvalue weighted by Crippen LogP contribution is 2.09. The highest BCUT2D eigenvalue weighted by Gasteiger charge is 2.23. The van der Waals surface area contributed by atoms with Gasteiger partial charge in [-0.15, -0.1) is 0 Å². The molecule has 0 aliphatic carbocycles. The SMILES string of the molecule is O=C(CN1CCCNC1=O)N1CCCCC1. The van der Waals surface area contributed by atoms with Gasteiger partial charge in [-0.3, -0.25) is 4.79 Å². The van der Waals surface area contributed by atoms with Crippen LogP contribution in [0.4, 0.5) is 4.79 Å². The van der Waals surface area contributed by atoms with Gasteiger partial charge < -0.3 is 15.1 Å². The third-order valence-electron chi connectivity index (χ3n) is 3.20. The Morgan fingerprint density at radius 2 is 1.88 bits per heavy atom. The van der Waals surface area contributed by atoms with Gasteiger partial charge in [0.2, 0.25) is 5.91 Å². The van der Waals surface area contributed by atoms with Crippen molar-refractivity contribution in [2.45, 2.75) is 25.7 Å². The standard InChI is InChI=1S/C11H19N3O2/c15-10(13-6-2-1-3-7-13)9-14-8-4-5-12-11(14)16/h1-9H2,(H,12,16). The summed E-state index contributed by atoms with van der Waals surface area (Å²) < 4.78 is 0. The number of carbonyl (C=O) groups excluding carboxylic acids is 2. The van der Waals surface area contributed by atoms with E-state index in [2.05, 4.69) is 5.32 Å². The lowest BCUT2D eigenvalue weighted by Gasteiger charge is -2.31. The molecule has 2 heterocycles. The van der Waals surface area contributed by atoms with Crippen LogP contribution >= 0.6 is 0 Å². The van der Waals surface area contributed by atoms with E-state index >= 15 is 0 Å². The topological polar surface area (TPSA) is 52.7 Å². The van der Waals surface area contributed by atoms with E-state index in [1.807, 2.05) is 4.90 Å². The summed E-state index contributed by atoms with van der Waals surface area (Å²) in [5.41, 5.74) is 0. The first-order chi connectivity index (χ1) is 7.77. The Bertz CT molecular complexity index is 274. The molecule has 2 aliphatic heterocycles. The van der Waals surface area contributed by atoms with Crippen LogP contribution in [0.3, 0.4) is 0 Å². The number of hydrogen-bond acceptors (Lipinski definition) is 2. The molecule has 0 aromatic carbocycles. The van der Waals surface area contributed by atoms with Gasteiger partial charge in [0.1, 0.15) is 6.54 Å². The Morgan fingerprint density at radius 1 is 1.12 bits per heavy atom. The summed E-state index contributed by atoms with van der Waals surface area (Å²) in [5, 5.41) is 2.76. The number of nitrogens with one attached hydrogen (secondary N) is 1. The Hall–Kier alpha value is -1.26. The molecule has 1 N–H and O–H groups in total. The van der Waals surface area contributed by atoms with Crippen molar-refractivity contribution in [3.05, 3.63) is 0 Å². The fraction of sp³-hybridized carbons (Fsp3) is 0.818. The number of carbonyl (C=O) groups is 2. The number of urea groups is 1. The van der Waals surface area contributed by atoms with Gasteiger partial charge in [0.05, 0.1) is 0 Å².